The lowest BCUT2D eigenvalue weighted by Crippen LogP contribution is -2.48. The van der Waals surface area contributed by atoms with Crippen LogP contribution in [-0.4, -0.2) is 61.9 Å². The molecule has 1 N–H and O–H groups in total. The summed E-state index contributed by atoms with van der Waals surface area (Å²) in [5.41, 5.74) is 5.96. The molecule has 0 radical (unpaired) electrons. The van der Waals surface area contributed by atoms with Crippen LogP contribution in [0.5, 0.6) is 0 Å². The fourth-order valence-corrected chi connectivity index (χ4v) is 5.03. The molecule has 6 rings (SSSR count). The average molecular weight is 445 g/mol. The summed E-state index contributed by atoms with van der Waals surface area (Å²) < 4.78 is 15.4. The molecule has 0 bridgehead atoms. The molecule has 1 aliphatic carbocycles. The zero-order valence-electron chi connectivity index (χ0n) is 18.3. The zero-order chi connectivity index (χ0) is 22.4. The third-order valence-corrected chi connectivity index (χ3v) is 6.79. The standard InChI is InChI=1S/C25H25FN6O/c26-17-8-10-18(11-9-17)32-23-7-3-5-19(23)22(29-32)16-30-12-14-31(15-13-30)25(33)24-20-4-1-2-6-21(20)27-28-24/h1-2,4,6,8-11H,3,5,7,12-16H2,(H,27,28). The topological polar surface area (TPSA) is 70.1 Å². The van der Waals surface area contributed by atoms with E-state index in [0.717, 1.165) is 61.2 Å². The number of H-pyrrole nitrogens is 1. The van der Waals surface area contributed by atoms with Gasteiger partial charge in [0.15, 0.2) is 5.69 Å². The Kier molecular flexibility index (Phi) is 4.95. The molecule has 1 saturated heterocycles. The number of piperazine rings is 1. The lowest BCUT2D eigenvalue weighted by Gasteiger charge is -2.34. The molecule has 168 valence electrons. The van der Waals surface area contributed by atoms with E-state index in [1.54, 1.807) is 12.1 Å². The van der Waals surface area contributed by atoms with E-state index in [1.165, 1.54) is 23.4 Å². The number of hydrogen-bond donors (Lipinski definition) is 1. The zero-order valence-corrected chi connectivity index (χ0v) is 18.3. The molecule has 0 unspecified atom stereocenters. The minimum atomic E-state index is -0.238. The van der Waals surface area contributed by atoms with Crippen molar-refractivity contribution in [1.29, 1.82) is 0 Å². The van der Waals surface area contributed by atoms with Crippen LogP contribution in [0.15, 0.2) is 48.5 Å². The first-order valence-electron chi connectivity index (χ1n) is 11.5. The summed E-state index contributed by atoms with van der Waals surface area (Å²) in [6, 6.07) is 14.3. The van der Waals surface area contributed by atoms with Gasteiger partial charge in [0.05, 0.1) is 16.9 Å². The Hall–Kier alpha value is -3.52. The van der Waals surface area contributed by atoms with Gasteiger partial charge in [-0.1, -0.05) is 18.2 Å². The minimum Gasteiger partial charge on any atom is -0.335 e. The van der Waals surface area contributed by atoms with Crippen LogP contribution in [0, 0.1) is 5.82 Å². The molecule has 8 heteroatoms. The number of amides is 1. The SMILES string of the molecule is O=C(c1n[nH]c2ccccc12)N1CCN(Cc2nn(-c3ccc(F)cc3)c3c2CCC3)CC1. The Bertz CT molecular complexity index is 1320. The quantitative estimate of drug-likeness (QED) is 0.524. The van der Waals surface area contributed by atoms with Gasteiger partial charge >= 0.3 is 0 Å². The second-order valence-electron chi connectivity index (χ2n) is 8.80. The first kappa shape index (κ1) is 20.1. The van der Waals surface area contributed by atoms with Crippen LogP contribution < -0.4 is 0 Å². The number of aromatic nitrogens is 4. The molecular weight excluding hydrogens is 419 g/mol. The van der Waals surface area contributed by atoms with Crippen molar-refractivity contribution in [1.82, 2.24) is 29.8 Å². The van der Waals surface area contributed by atoms with Crippen LogP contribution >= 0.6 is 0 Å². The molecule has 1 fully saturated rings. The van der Waals surface area contributed by atoms with Gasteiger partial charge in [0.1, 0.15) is 5.82 Å². The number of fused-ring (bicyclic) bond motifs is 2. The van der Waals surface area contributed by atoms with E-state index in [2.05, 4.69) is 15.1 Å². The maximum Gasteiger partial charge on any atom is 0.275 e. The molecule has 2 aliphatic rings. The monoisotopic (exact) mass is 444 g/mol. The highest BCUT2D eigenvalue weighted by molar-refractivity contribution is 6.04. The van der Waals surface area contributed by atoms with Gasteiger partial charge in [-0.3, -0.25) is 14.8 Å². The molecule has 0 saturated carbocycles. The summed E-state index contributed by atoms with van der Waals surface area (Å²) in [7, 11) is 0. The van der Waals surface area contributed by atoms with E-state index >= 15 is 0 Å². The Morgan fingerprint density at radius 3 is 2.61 bits per heavy atom. The number of nitrogens with zero attached hydrogens (tertiary/aromatic N) is 5. The number of nitrogens with one attached hydrogen (secondary N) is 1. The predicted octanol–water partition coefficient (Wildman–Crippen LogP) is 3.33. The highest BCUT2D eigenvalue weighted by Gasteiger charge is 2.28. The third kappa shape index (κ3) is 3.60. The molecule has 1 aliphatic heterocycles. The Labute approximate surface area is 190 Å². The van der Waals surface area contributed by atoms with Gasteiger partial charge in [0.25, 0.3) is 5.91 Å². The molecule has 1 amide bonds. The predicted molar refractivity (Wildman–Crippen MR) is 123 cm³/mol. The second-order valence-corrected chi connectivity index (χ2v) is 8.80. The average Bonchev–Trinajstić information content (AvgIpc) is 3.56. The number of aromatic amines is 1. The van der Waals surface area contributed by atoms with Gasteiger partial charge in [-0.15, -0.1) is 0 Å². The maximum atomic E-state index is 13.4. The summed E-state index contributed by atoms with van der Waals surface area (Å²) in [5.74, 6) is -0.258. The summed E-state index contributed by atoms with van der Waals surface area (Å²) >= 11 is 0. The van der Waals surface area contributed by atoms with E-state index in [4.69, 9.17) is 5.10 Å². The van der Waals surface area contributed by atoms with Crippen molar-refractivity contribution in [2.75, 3.05) is 26.2 Å². The fourth-order valence-electron chi connectivity index (χ4n) is 5.03. The lowest BCUT2D eigenvalue weighted by atomic mass is 10.1. The first-order valence-corrected chi connectivity index (χ1v) is 11.5. The van der Waals surface area contributed by atoms with Crippen molar-refractivity contribution in [3.8, 4) is 5.69 Å². The van der Waals surface area contributed by atoms with Crippen molar-refractivity contribution in [2.24, 2.45) is 0 Å². The molecule has 0 spiro atoms. The number of carbonyl (C=O) groups excluding carboxylic acids is 1. The van der Waals surface area contributed by atoms with Crippen molar-refractivity contribution in [2.45, 2.75) is 25.8 Å². The first-order chi connectivity index (χ1) is 16.2. The van der Waals surface area contributed by atoms with Gasteiger partial charge in [0, 0.05) is 43.8 Å². The molecule has 4 aromatic rings. The Morgan fingerprint density at radius 1 is 1.00 bits per heavy atom. The van der Waals surface area contributed by atoms with Gasteiger partial charge in [-0.05, 0) is 55.2 Å². The second kappa shape index (κ2) is 8.12. The van der Waals surface area contributed by atoms with Crippen molar-refractivity contribution < 1.29 is 9.18 Å². The van der Waals surface area contributed by atoms with E-state index in [0.29, 0.717) is 18.8 Å². The molecule has 2 aromatic carbocycles. The lowest BCUT2D eigenvalue weighted by molar-refractivity contribution is 0.0622. The van der Waals surface area contributed by atoms with E-state index in [1.807, 2.05) is 33.8 Å². The van der Waals surface area contributed by atoms with Crippen molar-refractivity contribution in [3.63, 3.8) is 0 Å². The smallest absolute Gasteiger partial charge is 0.275 e. The van der Waals surface area contributed by atoms with Crippen LogP contribution in [0.1, 0.15) is 33.9 Å². The number of hydrogen-bond acceptors (Lipinski definition) is 4. The number of para-hydroxylation sites is 1. The number of halogens is 1. The van der Waals surface area contributed by atoms with E-state index < -0.39 is 0 Å². The van der Waals surface area contributed by atoms with Crippen LogP contribution in [-0.2, 0) is 19.4 Å². The van der Waals surface area contributed by atoms with Gasteiger partial charge in [0.2, 0.25) is 0 Å². The van der Waals surface area contributed by atoms with E-state index in [-0.39, 0.29) is 11.7 Å². The summed E-state index contributed by atoms with van der Waals surface area (Å²) in [4.78, 5) is 17.3. The molecule has 7 nitrogen and oxygen atoms in total. The van der Waals surface area contributed by atoms with Crippen LogP contribution in [0.4, 0.5) is 4.39 Å². The maximum absolute atomic E-state index is 13.4. The molecule has 3 heterocycles. The van der Waals surface area contributed by atoms with Crippen molar-refractivity contribution in [3.05, 3.63) is 77.0 Å². The normalized spacial score (nSPS) is 16.5. The number of benzene rings is 2. The molecular formula is C25H25FN6O. The highest BCUT2D eigenvalue weighted by atomic mass is 19.1. The Morgan fingerprint density at radius 2 is 1.79 bits per heavy atom. The molecule has 2 aromatic heterocycles. The fraction of sp³-hybridized carbons (Fsp3) is 0.320. The van der Waals surface area contributed by atoms with Crippen molar-refractivity contribution >= 4 is 16.8 Å². The molecule has 33 heavy (non-hydrogen) atoms. The van der Waals surface area contributed by atoms with Gasteiger partial charge < -0.3 is 4.90 Å². The van der Waals surface area contributed by atoms with Gasteiger partial charge in [-0.25, -0.2) is 9.07 Å². The number of carbonyl (C=O) groups is 1. The van der Waals surface area contributed by atoms with Crippen LogP contribution in [0.2, 0.25) is 0 Å². The largest absolute Gasteiger partial charge is 0.335 e. The van der Waals surface area contributed by atoms with Gasteiger partial charge in [-0.2, -0.15) is 10.2 Å². The summed E-state index contributed by atoms with van der Waals surface area (Å²) in [6.07, 6.45) is 3.16. The summed E-state index contributed by atoms with van der Waals surface area (Å²) in [5, 5.41) is 13.0. The number of rotatable bonds is 4. The third-order valence-electron chi connectivity index (χ3n) is 6.79. The van der Waals surface area contributed by atoms with Crippen LogP contribution in [0.3, 0.4) is 0 Å². The minimum absolute atomic E-state index is 0.0198. The molecule has 0 atom stereocenters. The van der Waals surface area contributed by atoms with E-state index in [9.17, 15) is 9.18 Å². The Balaban J connectivity index is 1.15. The van der Waals surface area contributed by atoms with Crippen LogP contribution in [0.25, 0.3) is 16.6 Å². The highest BCUT2D eigenvalue weighted by Crippen LogP contribution is 2.29. The summed E-state index contributed by atoms with van der Waals surface area (Å²) in [6.45, 7) is 3.70.